The molecule has 0 aliphatic carbocycles. The van der Waals surface area contributed by atoms with E-state index in [0.29, 0.717) is 12.3 Å². The molecule has 9 heteroatoms. The minimum Gasteiger partial charge on any atom is -0.463 e. The van der Waals surface area contributed by atoms with Crippen LogP contribution in [-0.2, 0) is 6.18 Å². The Morgan fingerprint density at radius 3 is 2.62 bits per heavy atom. The van der Waals surface area contributed by atoms with E-state index in [1.807, 2.05) is 6.92 Å². The van der Waals surface area contributed by atoms with E-state index in [-0.39, 0.29) is 28.7 Å². The summed E-state index contributed by atoms with van der Waals surface area (Å²) < 4.78 is 44.7. The fourth-order valence-electron chi connectivity index (χ4n) is 2.72. The number of rotatable bonds is 6. The van der Waals surface area contributed by atoms with E-state index >= 15 is 0 Å². The Labute approximate surface area is 165 Å². The summed E-state index contributed by atoms with van der Waals surface area (Å²) >= 11 is 0. The van der Waals surface area contributed by atoms with Crippen molar-refractivity contribution in [2.45, 2.75) is 19.5 Å². The van der Waals surface area contributed by atoms with Crippen LogP contribution in [0.15, 0.2) is 47.1 Å². The summed E-state index contributed by atoms with van der Waals surface area (Å²) in [6.45, 7) is 2.57. The monoisotopic (exact) mass is 401 g/mol. The molecule has 0 unspecified atom stereocenters. The SMILES string of the molecule is CCCNc1nc(-c2ccco2)c(C#N)c(N(C)c2cccc(C(F)(F)F)c2)n1. The molecule has 150 valence electrons. The predicted molar refractivity (Wildman–Crippen MR) is 103 cm³/mol. The van der Waals surface area contributed by atoms with E-state index in [1.165, 1.54) is 23.3 Å². The van der Waals surface area contributed by atoms with Crippen molar-refractivity contribution in [2.24, 2.45) is 0 Å². The van der Waals surface area contributed by atoms with Gasteiger partial charge in [0.25, 0.3) is 0 Å². The van der Waals surface area contributed by atoms with Crippen molar-refractivity contribution < 1.29 is 17.6 Å². The molecule has 2 heterocycles. The highest BCUT2D eigenvalue weighted by molar-refractivity contribution is 5.75. The quantitative estimate of drug-likeness (QED) is 0.610. The van der Waals surface area contributed by atoms with Crippen LogP contribution in [0.4, 0.5) is 30.6 Å². The van der Waals surface area contributed by atoms with Gasteiger partial charge in [-0.3, -0.25) is 0 Å². The second-order valence-corrected chi connectivity index (χ2v) is 6.22. The number of furan rings is 1. The molecule has 0 saturated heterocycles. The molecule has 1 aromatic carbocycles. The van der Waals surface area contributed by atoms with Crippen molar-refractivity contribution in [2.75, 3.05) is 23.8 Å². The van der Waals surface area contributed by atoms with E-state index in [4.69, 9.17) is 4.42 Å². The molecule has 0 atom stereocenters. The van der Waals surface area contributed by atoms with Crippen LogP contribution in [0.1, 0.15) is 24.5 Å². The van der Waals surface area contributed by atoms with Gasteiger partial charge in [-0.2, -0.15) is 23.4 Å². The van der Waals surface area contributed by atoms with Gasteiger partial charge in [-0.25, -0.2) is 4.98 Å². The Morgan fingerprint density at radius 2 is 2.00 bits per heavy atom. The average molecular weight is 401 g/mol. The molecule has 3 aromatic rings. The maximum atomic E-state index is 13.1. The van der Waals surface area contributed by atoms with Crippen molar-refractivity contribution in [3.63, 3.8) is 0 Å². The molecule has 0 aliphatic heterocycles. The molecule has 1 N–H and O–H groups in total. The lowest BCUT2D eigenvalue weighted by Gasteiger charge is -2.22. The normalized spacial score (nSPS) is 11.2. The maximum absolute atomic E-state index is 13.1. The highest BCUT2D eigenvalue weighted by Crippen LogP contribution is 2.35. The summed E-state index contributed by atoms with van der Waals surface area (Å²) in [5.74, 6) is 0.792. The molecule has 6 nitrogen and oxygen atoms in total. The first kappa shape index (κ1) is 20.2. The molecule has 0 bridgehead atoms. The van der Waals surface area contributed by atoms with Crippen molar-refractivity contribution in [3.05, 3.63) is 53.8 Å². The van der Waals surface area contributed by atoms with Crippen molar-refractivity contribution in [1.29, 1.82) is 5.26 Å². The zero-order chi connectivity index (χ0) is 21.0. The fourth-order valence-corrected chi connectivity index (χ4v) is 2.72. The number of alkyl halides is 3. The summed E-state index contributed by atoms with van der Waals surface area (Å²) in [4.78, 5) is 10.2. The fraction of sp³-hybridized carbons (Fsp3) is 0.250. The number of nitriles is 1. The lowest BCUT2D eigenvalue weighted by Crippen LogP contribution is -2.17. The van der Waals surface area contributed by atoms with Gasteiger partial charge >= 0.3 is 6.18 Å². The van der Waals surface area contributed by atoms with Crippen LogP contribution in [0.2, 0.25) is 0 Å². The zero-order valence-corrected chi connectivity index (χ0v) is 15.8. The molecular formula is C20H18F3N5O. The van der Waals surface area contributed by atoms with Gasteiger partial charge in [0.05, 0.1) is 11.8 Å². The first-order valence-electron chi connectivity index (χ1n) is 8.86. The number of hydrogen-bond donors (Lipinski definition) is 1. The van der Waals surface area contributed by atoms with Crippen LogP contribution in [0.5, 0.6) is 0 Å². The number of halogens is 3. The second kappa shape index (κ2) is 8.22. The average Bonchev–Trinajstić information content (AvgIpc) is 3.25. The number of hydrogen-bond acceptors (Lipinski definition) is 6. The van der Waals surface area contributed by atoms with Gasteiger partial charge in [0.15, 0.2) is 11.6 Å². The van der Waals surface area contributed by atoms with Gasteiger partial charge in [-0.15, -0.1) is 0 Å². The molecule has 29 heavy (non-hydrogen) atoms. The number of nitrogens with zero attached hydrogens (tertiary/aromatic N) is 4. The van der Waals surface area contributed by atoms with Crippen LogP contribution >= 0.6 is 0 Å². The minimum absolute atomic E-state index is 0.0990. The van der Waals surface area contributed by atoms with E-state index in [1.54, 1.807) is 19.2 Å². The van der Waals surface area contributed by atoms with E-state index < -0.39 is 11.7 Å². The molecule has 0 radical (unpaired) electrons. The van der Waals surface area contributed by atoms with E-state index in [0.717, 1.165) is 18.6 Å². The van der Waals surface area contributed by atoms with Crippen LogP contribution < -0.4 is 10.2 Å². The summed E-state index contributed by atoms with van der Waals surface area (Å²) in [5.41, 5.74) is -0.186. The number of benzene rings is 1. The lowest BCUT2D eigenvalue weighted by molar-refractivity contribution is -0.137. The van der Waals surface area contributed by atoms with Crippen molar-refractivity contribution in [3.8, 4) is 17.5 Å². The first-order chi connectivity index (χ1) is 13.8. The Balaban J connectivity index is 2.14. The lowest BCUT2D eigenvalue weighted by atomic mass is 10.1. The number of nitrogens with one attached hydrogen (secondary N) is 1. The molecule has 2 aromatic heterocycles. The van der Waals surface area contributed by atoms with Gasteiger partial charge in [0, 0.05) is 19.3 Å². The number of aromatic nitrogens is 2. The first-order valence-corrected chi connectivity index (χ1v) is 8.86. The second-order valence-electron chi connectivity index (χ2n) is 6.22. The molecular weight excluding hydrogens is 383 g/mol. The van der Waals surface area contributed by atoms with Crippen LogP contribution in [-0.4, -0.2) is 23.6 Å². The number of anilines is 3. The Morgan fingerprint density at radius 1 is 1.21 bits per heavy atom. The van der Waals surface area contributed by atoms with Gasteiger partial charge in [0.2, 0.25) is 5.95 Å². The largest absolute Gasteiger partial charge is 0.463 e. The molecule has 0 fully saturated rings. The van der Waals surface area contributed by atoms with Gasteiger partial charge in [-0.1, -0.05) is 13.0 Å². The molecule has 0 aliphatic rings. The van der Waals surface area contributed by atoms with E-state index in [2.05, 4.69) is 21.4 Å². The Kier molecular flexibility index (Phi) is 5.73. The standard InChI is InChI=1S/C20H18F3N5O/c1-3-9-25-19-26-17(16-8-5-10-29-16)15(12-24)18(27-19)28(2)14-7-4-6-13(11-14)20(21,22)23/h4-8,10-11H,3,9H2,1-2H3,(H,25,26,27). The zero-order valence-electron chi connectivity index (χ0n) is 15.8. The van der Waals surface area contributed by atoms with E-state index in [9.17, 15) is 18.4 Å². The minimum atomic E-state index is -4.48. The van der Waals surface area contributed by atoms with Crippen molar-refractivity contribution in [1.82, 2.24) is 9.97 Å². The summed E-state index contributed by atoms with van der Waals surface area (Å²) in [6, 6.07) is 10.2. The molecule has 0 amide bonds. The highest BCUT2D eigenvalue weighted by atomic mass is 19.4. The molecule has 0 saturated carbocycles. The van der Waals surface area contributed by atoms with Crippen LogP contribution in [0, 0.1) is 11.3 Å². The maximum Gasteiger partial charge on any atom is 0.416 e. The van der Waals surface area contributed by atoms with Crippen LogP contribution in [0.25, 0.3) is 11.5 Å². The Hall–Kier alpha value is -3.54. The smallest absolute Gasteiger partial charge is 0.416 e. The third kappa shape index (κ3) is 4.32. The molecule has 0 spiro atoms. The van der Waals surface area contributed by atoms with Crippen molar-refractivity contribution >= 4 is 17.5 Å². The highest BCUT2D eigenvalue weighted by Gasteiger charge is 2.31. The van der Waals surface area contributed by atoms with Gasteiger partial charge in [-0.05, 0) is 36.8 Å². The third-order valence-electron chi connectivity index (χ3n) is 4.17. The predicted octanol–water partition coefficient (Wildman–Crippen LogP) is 5.22. The summed E-state index contributed by atoms with van der Waals surface area (Å²) in [6.07, 6.45) is -2.21. The van der Waals surface area contributed by atoms with Gasteiger partial charge < -0.3 is 14.6 Å². The summed E-state index contributed by atoms with van der Waals surface area (Å²) in [5, 5.41) is 12.8. The topological polar surface area (TPSA) is 78.0 Å². The molecule has 3 rings (SSSR count). The van der Waals surface area contributed by atoms with Crippen LogP contribution in [0.3, 0.4) is 0 Å². The Bertz CT molecular complexity index is 1030. The third-order valence-corrected chi connectivity index (χ3v) is 4.17. The summed E-state index contributed by atoms with van der Waals surface area (Å²) in [7, 11) is 1.55. The van der Waals surface area contributed by atoms with Gasteiger partial charge in [0.1, 0.15) is 17.3 Å².